The molecule has 0 bridgehead atoms. The van der Waals surface area contributed by atoms with E-state index < -0.39 is 0 Å². The molecule has 0 spiro atoms. The summed E-state index contributed by atoms with van der Waals surface area (Å²) in [6.07, 6.45) is 3.85. The fraction of sp³-hybridized carbons (Fsp3) is 0.636. The Morgan fingerprint density at radius 2 is 2.12 bits per heavy atom. The van der Waals surface area contributed by atoms with Gasteiger partial charge in [-0.3, -0.25) is 9.67 Å². The first kappa shape index (κ1) is 16.2. The minimum absolute atomic E-state index is 0. The van der Waals surface area contributed by atoms with Crippen LogP contribution < -0.4 is 5.73 Å². The van der Waals surface area contributed by atoms with Crippen molar-refractivity contribution in [2.45, 2.75) is 27.3 Å². The molecule has 2 N–H and O–H groups in total. The van der Waals surface area contributed by atoms with Gasteiger partial charge in [-0.15, -0.1) is 24.0 Å². The summed E-state index contributed by atoms with van der Waals surface area (Å²) in [5.74, 6) is 0.619. The van der Waals surface area contributed by atoms with Gasteiger partial charge < -0.3 is 10.6 Å². The Bertz CT molecular complexity index is 343. The maximum absolute atomic E-state index is 5.85. The number of nitrogens with zero attached hydrogens (tertiary/aromatic N) is 4. The van der Waals surface area contributed by atoms with Crippen molar-refractivity contribution in [3.05, 3.63) is 18.0 Å². The van der Waals surface area contributed by atoms with Crippen LogP contribution in [0, 0.1) is 6.92 Å². The van der Waals surface area contributed by atoms with Gasteiger partial charge in [0.2, 0.25) is 0 Å². The molecule has 0 aromatic carbocycles. The number of halogens is 1. The highest BCUT2D eigenvalue weighted by atomic mass is 127. The molecule has 1 aromatic heterocycles. The standard InChI is InChI=1S/C11H21N5.HI/c1-4-15(5-2)11(12)13-6-7-16-9-10(3)8-14-16;/h8-9H,4-7H2,1-3H3,(H2,12,13);1H. The molecular formula is C11H22IN5. The Morgan fingerprint density at radius 1 is 1.47 bits per heavy atom. The lowest BCUT2D eigenvalue weighted by atomic mass is 10.4. The van der Waals surface area contributed by atoms with Gasteiger partial charge in [-0.05, 0) is 26.3 Å². The molecule has 1 heterocycles. The average molecular weight is 351 g/mol. The number of hydrogen-bond acceptors (Lipinski definition) is 2. The molecule has 0 saturated heterocycles. The molecule has 1 aromatic rings. The molecule has 0 atom stereocenters. The van der Waals surface area contributed by atoms with Crippen LogP contribution in [0.5, 0.6) is 0 Å². The molecule has 5 nitrogen and oxygen atoms in total. The molecule has 0 amide bonds. The highest BCUT2D eigenvalue weighted by Crippen LogP contribution is 1.94. The zero-order valence-electron chi connectivity index (χ0n) is 10.8. The van der Waals surface area contributed by atoms with Crippen LogP contribution >= 0.6 is 24.0 Å². The van der Waals surface area contributed by atoms with Crippen LogP contribution in [-0.4, -0.2) is 40.3 Å². The third kappa shape index (κ3) is 5.38. The van der Waals surface area contributed by atoms with Crippen LogP contribution in [0.2, 0.25) is 0 Å². The van der Waals surface area contributed by atoms with Crippen molar-refractivity contribution < 1.29 is 0 Å². The van der Waals surface area contributed by atoms with E-state index in [0.717, 1.165) is 19.6 Å². The molecular weight excluding hydrogens is 329 g/mol. The van der Waals surface area contributed by atoms with Gasteiger partial charge in [0.15, 0.2) is 5.96 Å². The quantitative estimate of drug-likeness (QED) is 0.497. The van der Waals surface area contributed by atoms with E-state index in [2.05, 4.69) is 23.9 Å². The van der Waals surface area contributed by atoms with Gasteiger partial charge in [0, 0.05) is 19.3 Å². The molecule has 0 aliphatic heterocycles. The fourth-order valence-corrected chi connectivity index (χ4v) is 1.50. The van der Waals surface area contributed by atoms with E-state index in [1.807, 2.05) is 28.9 Å². The fourth-order valence-electron chi connectivity index (χ4n) is 1.50. The Balaban J connectivity index is 0.00000256. The number of aromatic nitrogens is 2. The number of rotatable bonds is 5. The highest BCUT2D eigenvalue weighted by Gasteiger charge is 2.01. The van der Waals surface area contributed by atoms with Crippen molar-refractivity contribution in [3.8, 4) is 0 Å². The number of guanidine groups is 1. The predicted molar refractivity (Wildman–Crippen MR) is 81.8 cm³/mol. The van der Waals surface area contributed by atoms with E-state index in [4.69, 9.17) is 5.73 Å². The number of hydrogen-bond donors (Lipinski definition) is 1. The smallest absolute Gasteiger partial charge is 0.191 e. The monoisotopic (exact) mass is 351 g/mol. The number of nitrogens with two attached hydrogens (primary N) is 1. The van der Waals surface area contributed by atoms with Gasteiger partial charge in [0.1, 0.15) is 0 Å². The lowest BCUT2D eigenvalue weighted by molar-refractivity contribution is 0.457. The van der Waals surface area contributed by atoms with E-state index >= 15 is 0 Å². The molecule has 17 heavy (non-hydrogen) atoms. The zero-order chi connectivity index (χ0) is 12.0. The van der Waals surface area contributed by atoms with Crippen LogP contribution in [0.1, 0.15) is 19.4 Å². The van der Waals surface area contributed by atoms with E-state index in [-0.39, 0.29) is 24.0 Å². The van der Waals surface area contributed by atoms with Crippen LogP contribution in [-0.2, 0) is 6.54 Å². The second-order valence-corrected chi connectivity index (χ2v) is 3.69. The summed E-state index contributed by atoms with van der Waals surface area (Å²) in [7, 11) is 0. The van der Waals surface area contributed by atoms with Crippen LogP contribution in [0.25, 0.3) is 0 Å². The first-order valence-corrected chi connectivity index (χ1v) is 5.71. The summed E-state index contributed by atoms with van der Waals surface area (Å²) in [6.45, 7) is 9.40. The molecule has 1 rings (SSSR count). The second kappa shape index (κ2) is 8.32. The molecule has 0 saturated carbocycles. The Hall–Kier alpha value is -0.790. The maximum atomic E-state index is 5.85. The molecule has 0 fully saturated rings. The summed E-state index contributed by atoms with van der Waals surface area (Å²) in [6, 6.07) is 0. The Morgan fingerprint density at radius 3 is 2.59 bits per heavy atom. The summed E-state index contributed by atoms with van der Waals surface area (Å²) >= 11 is 0. The summed E-state index contributed by atoms with van der Waals surface area (Å²) in [4.78, 5) is 6.37. The van der Waals surface area contributed by atoms with E-state index in [1.54, 1.807) is 0 Å². The molecule has 0 unspecified atom stereocenters. The lowest BCUT2D eigenvalue weighted by Gasteiger charge is -2.19. The van der Waals surface area contributed by atoms with Crippen LogP contribution in [0.15, 0.2) is 17.4 Å². The highest BCUT2D eigenvalue weighted by molar-refractivity contribution is 14.0. The van der Waals surface area contributed by atoms with Crippen molar-refractivity contribution in [1.82, 2.24) is 14.7 Å². The van der Waals surface area contributed by atoms with E-state index in [0.29, 0.717) is 12.5 Å². The average Bonchev–Trinajstić information content (AvgIpc) is 2.66. The molecule has 0 radical (unpaired) electrons. The van der Waals surface area contributed by atoms with Crippen molar-refractivity contribution in [3.63, 3.8) is 0 Å². The SMILES string of the molecule is CCN(CC)C(N)=NCCn1cc(C)cn1.I. The first-order valence-electron chi connectivity index (χ1n) is 5.71. The van der Waals surface area contributed by atoms with Gasteiger partial charge in [-0.25, -0.2) is 0 Å². The van der Waals surface area contributed by atoms with Gasteiger partial charge in [-0.2, -0.15) is 5.10 Å². The second-order valence-electron chi connectivity index (χ2n) is 3.69. The minimum atomic E-state index is 0. The lowest BCUT2D eigenvalue weighted by Crippen LogP contribution is -2.37. The van der Waals surface area contributed by atoms with E-state index in [9.17, 15) is 0 Å². The molecule has 6 heteroatoms. The van der Waals surface area contributed by atoms with Crippen molar-refractivity contribution in [1.29, 1.82) is 0 Å². The summed E-state index contributed by atoms with van der Waals surface area (Å²) < 4.78 is 1.88. The predicted octanol–water partition coefficient (Wildman–Crippen LogP) is 1.47. The van der Waals surface area contributed by atoms with Gasteiger partial charge in [0.25, 0.3) is 0 Å². The van der Waals surface area contributed by atoms with Crippen LogP contribution in [0.4, 0.5) is 0 Å². The maximum Gasteiger partial charge on any atom is 0.191 e. The third-order valence-corrected chi connectivity index (χ3v) is 2.45. The van der Waals surface area contributed by atoms with Gasteiger partial charge in [-0.1, -0.05) is 0 Å². The normalized spacial score (nSPS) is 11.1. The first-order chi connectivity index (χ1) is 7.67. The third-order valence-electron chi connectivity index (χ3n) is 2.45. The van der Waals surface area contributed by atoms with Crippen molar-refractivity contribution in [2.24, 2.45) is 10.7 Å². The summed E-state index contributed by atoms with van der Waals surface area (Å²) in [5.41, 5.74) is 7.02. The molecule has 0 aliphatic rings. The number of aryl methyl sites for hydroxylation is 1. The van der Waals surface area contributed by atoms with Crippen LogP contribution in [0.3, 0.4) is 0 Å². The van der Waals surface area contributed by atoms with Crippen molar-refractivity contribution >= 4 is 29.9 Å². The number of aliphatic imine (C=N–C) groups is 1. The zero-order valence-corrected chi connectivity index (χ0v) is 13.1. The van der Waals surface area contributed by atoms with E-state index in [1.165, 1.54) is 5.56 Å². The van der Waals surface area contributed by atoms with Crippen molar-refractivity contribution in [2.75, 3.05) is 19.6 Å². The minimum Gasteiger partial charge on any atom is -0.370 e. The molecule has 98 valence electrons. The largest absolute Gasteiger partial charge is 0.370 e. The summed E-state index contributed by atoms with van der Waals surface area (Å²) in [5, 5.41) is 4.19. The Labute approximate surface area is 120 Å². The topological polar surface area (TPSA) is 59.4 Å². The Kier molecular flexibility index (Phi) is 7.94. The van der Waals surface area contributed by atoms with Gasteiger partial charge >= 0.3 is 0 Å². The molecule has 0 aliphatic carbocycles. The van der Waals surface area contributed by atoms with Gasteiger partial charge in [0.05, 0.1) is 19.3 Å².